The zero-order chi connectivity index (χ0) is 19.6. The van der Waals surface area contributed by atoms with Crippen molar-refractivity contribution < 1.29 is 23.9 Å². The third-order valence-corrected chi connectivity index (χ3v) is 5.45. The number of benzene rings is 2. The van der Waals surface area contributed by atoms with Crippen molar-refractivity contribution in [2.45, 2.75) is 0 Å². The first kappa shape index (κ1) is 18.9. The molecule has 0 fully saturated rings. The lowest BCUT2D eigenvalue weighted by atomic mass is 10.1. The van der Waals surface area contributed by atoms with Crippen LogP contribution in [0.5, 0.6) is 0 Å². The molecule has 0 saturated heterocycles. The third-order valence-electron chi connectivity index (χ3n) is 3.77. The quantitative estimate of drug-likeness (QED) is 0.654. The minimum Gasteiger partial charge on any atom is -0.465 e. The van der Waals surface area contributed by atoms with Gasteiger partial charge in [0.1, 0.15) is 4.88 Å². The number of fused-ring (bicyclic) bond motifs is 1. The second-order valence-corrected chi connectivity index (χ2v) is 6.91. The molecule has 8 heteroatoms. The van der Waals surface area contributed by atoms with Gasteiger partial charge in [0.05, 0.1) is 30.4 Å². The van der Waals surface area contributed by atoms with Gasteiger partial charge in [0.15, 0.2) is 0 Å². The molecule has 27 heavy (non-hydrogen) atoms. The highest BCUT2D eigenvalue weighted by Gasteiger charge is 2.19. The summed E-state index contributed by atoms with van der Waals surface area (Å²) >= 11 is 7.58. The van der Waals surface area contributed by atoms with Gasteiger partial charge in [-0.3, -0.25) is 4.79 Å². The largest absolute Gasteiger partial charge is 0.465 e. The van der Waals surface area contributed by atoms with Gasteiger partial charge in [0, 0.05) is 15.8 Å². The van der Waals surface area contributed by atoms with E-state index in [1.54, 1.807) is 0 Å². The zero-order valence-electron chi connectivity index (χ0n) is 14.4. The minimum atomic E-state index is -0.642. The zero-order valence-corrected chi connectivity index (χ0v) is 15.9. The van der Waals surface area contributed by atoms with Gasteiger partial charge in [0.2, 0.25) is 0 Å². The molecule has 0 aliphatic carbocycles. The Morgan fingerprint density at radius 3 is 2.11 bits per heavy atom. The Labute approximate surface area is 163 Å². The predicted octanol–water partition coefficient (Wildman–Crippen LogP) is 4.38. The van der Waals surface area contributed by atoms with Crippen LogP contribution in [0.3, 0.4) is 0 Å². The number of ether oxygens (including phenoxy) is 2. The van der Waals surface area contributed by atoms with E-state index in [-0.39, 0.29) is 16.8 Å². The molecule has 1 heterocycles. The van der Waals surface area contributed by atoms with Crippen LogP contribution in [0.25, 0.3) is 10.1 Å². The molecule has 0 saturated carbocycles. The summed E-state index contributed by atoms with van der Waals surface area (Å²) in [6, 6.07) is 11.6. The van der Waals surface area contributed by atoms with Crippen LogP contribution in [0.1, 0.15) is 30.4 Å². The van der Waals surface area contributed by atoms with Crippen molar-refractivity contribution in [3.63, 3.8) is 0 Å². The van der Waals surface area contributed by atoms with Crippen molar-refractivity contribution >= 4 is 56.6 Å². The van der Waals surface area contributed by atoms with Gasteiger partial charge < -0.3 is 14.8 Å². The summed E-state index contributed by atoms with van der Waals surface area (Å²) in [5.74, 6) is -1.73. The minimum absolute atomic E-state index is 0.109. The molecule has 3 rings (SSSR count). The van der Waals surface area contributed by atoms with Crippen LogP contribution in [-0.2, 0) is 9.47 Å². The Balaban J connectivity index is 1.98. The van der Waals surface area contributed by atoms with Crippen molar-refractivity contribution in [1.29, 1.82) is 0 Å². The molecule has 6 nitrogen and oxygen atoms in total. The van der Waals surface area contributed by atoms with Crippen LogP contribution in [-0.4, -0.2) is 32.1 Å². The predicted molar refractivity (Wildman–Crippen MR) is 104 cm³/mol. The topological polar surface area (TPSA) is 81.7 Å². The van der Waals surface area contributed by atoms with E-state index in [0.29, 0.717) is 9.90 Å². The molecule has 138 valence electrons. The van der Waals surface area contributed by atoms with Crippen molar-refractivity contribution in [2.24, 2.45) is 0 Å². The average molecular weight is 404 g/mol. The second kappa shape index (κ2) is 7.77. The number of nitrogens with one attached hydrogen (secondary N) is 1. The molecule has 0 spiro atoms. The summed E-state index contributed by atoms with van der Waals surface area (Å²) in [5, 5.41) is 3.81. The van der Waals surface area contributed by atoms with Gasteiger partial charge in [-0.1, -0.05) is 29.8 Å². The molecule has 0 bridgehead atoms. The van der Waals surface area contributed by atoms with E-state index in [9.17, 15) is 14.4 Å². The number of carbonyl (C=O) groups is 3. The number of anilines is 1. The fraction of sp³-hybridized carbons (Fsp3) is 0.105. The Morgan fingerprint density at radius 1 is 0.963 bits per heavy atom. The maximum absolute atomic E-state index is 12.7. The van der Waals surface area contributed by atoms with E-state index >= 15 is 0 Å². The normalized spacial score (nSPS) is 10.5. The molecule has 0 aliphatic rings. The number of rotatable bonds is 4. The van der Waals surface area contributed by atoms with Gasteiger partial charge in [-0.15, -0.1) is 11.3 Å². The lowest BCUT2D eigenvalue weighted by molar-refractivity contribution is 0.0599. The Morgan fingerprint density at radius 2 is 1.56 bits per heavy atom. The number of halogens is 1. The highest BCUT2D eigenvalue weighted by molar-refractivity contribution is 7.21. The van der Waals surface area contributed by atoms with E-state index in [1.165, 1.54) is 43.8 Å². The molecule has 2 aromatic carbocycles. The SMILES string of the molecule is COC(=O)c1cc(NC(=O)c2sc3ccccc3c2Cl)cc(C(=O)OC)c1. The number of thiophene rings is 1. The second-order valence-electron chi connectivity index (χ2n) is 5.48. The van der Waals surface area contributed by atoms with Gasteiger partial charge in [0.25, 0.3) is 5.91 Å². The molecule has 1 amide bonds. The molecule has 0 aliphatic heterocycles. The highest BCUT2D eigenvalue weighted by Crippen LogP contribution is 2.35. The molecule has 3 aromatic rings. The number of esters is 2. The van der Waals surface area contributed by atoms with Crippen molar-refractivity contribution in [1.82, 2.24) is 0 Å². The van der Waals surface area contributed by atoms with E-state index in [2.05, 4.69) is 14.8 Å². The summed E-state index contributed by atoms with van der Waals surface area (Å²) in [4.78, 5) is 36.7. The van der Waals surface area contributed by atoms with E-state index in [4.69, 9.17) is 11.6 Å². The Bertz CT molecular complexity index is 1030. The molecule has 1 aromatic heterocycles. The maximum Gasteiger partial charge on any atom is 0.337 e. The van der Waals surface area contributed by atoms with Gasteiger partial charge in [-0.05, 0) is 24.3 Å². The lowest BCUT2D eigenvalue weighted by Crippen LogP contribution is -2.13. The first-order valence-electron chi connectivity index (χ1n) is 7.74. The maximum atomic E-state index is 12.7. The lowest BCUT2D eigenvalue weighted by Gasteiger charge is -2.09. The van der Waals surface area contributed by atoms with Crippen molar-refractivity contribution in [2.75, 3.05) is 19.5 Å². The van der Waals surface area contributed by atoms with E-state index in [1.807, 2.05) is 24.3 Å². The summed E-state index contributed by atoms with van der Waals surface area (Å²) in [6.07, 6.45) is 0. The van der Waals surface area contributed by atoms with Gasteiger partial charge in [-0.2, -0.15) is 0 Å². The first-order chi connectivity index (χ1) is 12.9. The van der Waals surface area contributed by atoms with Gasteiger partial charge in [-0.25, -0.2) is 9.59 Å². The third kappa shape index (κ3) is 3.79. The monoisotopic (exact) mass is 403 g/mol. The van der Waals surface area contributed by atoms with Crippen molar-refractivity contribution in [3.8, 4) is 0 Å². The standard InChI is InChI=1S/C19H14ClNO5S/c1-25-18(23)10-7-11(19(24)26-2)9-12(8-10)21-17(22)16-15(20)13-5-3-4-6-14(13)27-16/h3-9H,1-2H3,(H,21,22). The van der Waals surface area contributed by atoms with Crippen LogP contribution in [0.2, 0.25) is 5.02 Å². The summed E-state index contributed by atoms with van der Waals surface area (Å²) < 4.78 is 10.3. The van der Waals surface area contributed by atoms with Crippen LogP contribution in [0.15, 0.2) is 42.5 Å². The fourth-order valence-electron chi connectivity index (χ4n) is 2.52. The molecule has 0 unspecified atom stereocenters. The van der Waals surface area contributed by atoms with Crippen LogP contribution < -0.4 is 5.32 Å². The number of hydrogen-bond acceptors (Lipinski definition) is 6. The first-order valence-corrected chi connectivity index (χ1v) is 8.94. The number of carbonyl (C=O) groups excluding carboxylic acids is 3. The van der Waals surface area contributed by atoms with E-state index in [0.717, 1.165) is 10.1 Å². The fourth-order valence-corrected chi connectivity index (χ4v) is 3.93. The summed E-state index contributed by atoms with van der Waals surface area (Å²) in [7, 11) is 2.45. The smallest absolute Gasteiger partial charge is 0.337 e. The molecule has 1 N–H and O–H groups in total. The number of methoxy groups -OCH3 is 2. The summed E-state index contributed by atoms with van der Waals surface area (Å²) in [5.41, 5.74) is 0.466. The highest BCUT2D eigenvalue weighted by atomic mass is 35.5. The Kier molecular flexibility index (Phi) is 5.43. The number of hydrogen-bond donors (Lipinski definition) is 1. The van der Waals surface area contributed by atoms with Crippen LogP contribution in [0, 0.1) is 0 Å². The molecule has 0 atom stereocenters. The van der Waals surface area contributed by atoms with Crippen LogP contribution >= 0.6 is 22.9 Å². The number of amides is 1. The van der Waals surface area contributed by atoms with Gasteiger partial charge >= 0.3 is 11.9 Å². The summed E-state index contributed by atoms with van der Waals surface area (Å²) in [6.45, 7) is 0. The molecular weight excluding hydrogens is 390 g/mol. The van der Waals surface area contributed by atoms with Crippen molar-refractivity contribution in [3.05, 3.63) is 63.5 Å². The average Bonchev–Trinajstić information content (AvgIpc) is 3.03. The molecule has 0 radical (unpaired) electrons. The van der Waals surface area contributed by atoms with E-state index < -0.39 is 17.8 Å². The molecular formula is C19H14ClNO5S. The Hall–Kier alpha value is -2.90. The van der Waals surface area contributed by atoms with Crippen LogP contribution in [0.4, 0.5) is 5.69 Å².